The maximum atomic E-state index is 12.9. The molecule has 0 aromatic heterocycles. The van der Waals surface area contributed by atoms with Crippen LogP contribution in [-0.4, -0.2) is 67.2 Å². The molecule has 2 aliphatic heterocycles. The molecule has 26 heavy (non-hydrogen) atoms. The molecule has 1 aromatic rings. The molecule has 3 rings (SSSR count). The summed E-state index contributed by atoms with van der Waals surface area (Å²) in [6, 6.07) is 3.69. The molecule has 142 valence electrons. The Morgan fingerprint density at radius 2 is 1.81 bits per heavy atom. The van der Waals surface area contributed by atoms with E-state index in [0.717, 1.165) is 0 Å². The van der Waals surface area contributed by atoms with Crippen LogP contribution < -0.4 is 0 Å². The zero-order chi connectivity index (χ0) is 19.1. The molecule has 2 saturated heterocycles. The minimum absolute atomic E-state index is 0.0141. The van der Waals surface area contributed by atoms with Gasteiger partial charge >= 0.3 is 0 Å². The van der Waals surface area contributed by atoms with Gasteiger partial charge < -0.3 is 9.80 Å². The highest BCUT2D eigenvalue weighted by Crippen LogP contribution is 2.26. The largest absolute Gasteiger partial charge is 0.340 e. The van der Waals surface area contributed by atoms with Crippen LogP contribution in [0.15, 0.2) is 18.2 Å². The van der Waals surface area contributed by atoms with Gasteiger partial charge in [-0.1, -0.05) is 23.2 Å². The van der Waals surface area contributed by atoms with Crippen molar-refractivity contribution in [1.29, 1.82) is 0 Å². The van der Waals surface area contributed by atoms with E-state index in [2.05, 4.69) is 0 Å². The standard InChI is InChI=1S/C17H20Cl2N2O4S/c1-20(14-4-6-26(24,25)10-14)17(23)15-3-2-5-21(15)16(22)11-7-12(18)9-13(19)8-11/h7-9,14-15H,2-6,10H2,1H3. The highest BCUT2D eigenvalue weighted by molar-refractivity contribution is 7.91. The van der Waals surface area contributed by atoms with E-state index in [4.69, 9.17) is 23.2 Å². The van der Waals surface area contributed by atoms with Gasteiger partial charge in [0.2, 0.25) is 5.91 Å². The number of likely N-dealkylation sites (N-methyl/N-ethyl adjacent to an activating group) is 1. The monoisotopic (exact) mass is 418 g/mol. The molecule has 2 aliphatic rings. The van der Waals surface area contributed by atoms with Crippen molar-refractivity contribution < 1.29 is 18.0 Å². The molecule has 1 aromatic carbocycles. The van der Waals surface area contributed by atoms with Gasteiger partial charge in [0, 0.05) is 35.2 Å². The summed E-state index contributed by atoms with van der Waals surface area (Å²) in [5, 5.41) is 0.715. The minimum Gasteiger partial charge on any atom is -0.340 e. The molecular weight excluding hydrogens is 399 g/mol. The molecule has 2 unspecified atom stereocenters. The van der Waals surface area contributed by atoms with Crippen molar-refractivity contribution in [2.45, 2.75) is 31.3 Å². The van der Waals surface area contributed by atoms with E-state index in [1.807, 2.05) is 0 Å². The van der Waals surface area contributed by atoms with Gasteiger partial charge in [-0.15, -0.1) is 0 Å². The number of hydrogen-bond acceptors (Lipinski definition) is 4. The van der Waals surface area contributed by atoms with Crippen LogP contribution in [-0.2, 0) is 14.6 Å². The number of carbonyl (C=O) groups is 2. The van der Waals surface area contributed by atoms with Crippen molar-refractivity contribution in [2.75, 3.05) is 25.1 Å². The molecule has 2 amide bonds. The van der Waals surface area contributed by atoms with Crippen LogP contribution in [0.3, 0.4) is 0 Å². The summed E-state index contributed by atoms with van der Waals surface area (Å²) >= 11 is 12.0. The summed E-state index contributed by atoms with van der Waals surface area (Å²) in [6.07, 6.45) is 1.71. The lowest BCUT2D eigenvalue weighted by Crippen LogP contribution is -2.49. The molecule has 9 heteroatoms. The third-order valence-corrected chi connectivity index (χ3v) is 7.20. The Kier molecular flexibility index (Phi) is 5.51. The van der Waals surface area contributed by atoms with E-state index in [9.17, 15) is 18.0 Å². The molecule has 2 atom stereocenters. The second kappa shape index (κ2) is 7.37. The van der Waals surface area contributed by atoms with Crippen LogP contribution in [0, 0.1) is 0 Å². The highest BCUT2D eigenvalue weighted by atomic mass is 35.5. The first-order valence-corrected chi connectivity index (χ1v) is 11.0. The molecule has 2 heterocycles. The third-order valence-electron chi connectivity index (χ3n) is 5.01. The van der Waals surface area contributed by atoms with Gasteiger partial charge in [0.1, 0.15) is 6.04 Å². The number of rotatable bonds is 3. The van der Waals surface area contributed by atoms with Gasteiger partial charge in [0.25, 0.3) is 5.91 Å². The van der Waals surface area contributed by atoms with E-state index in [1.165, 1.54) is 21.9 Å². The topological polar surface area (TPSA) is 74.8 Å². The van der Waals surface area contributed by atoms with Gasteiger partial charge in [-0.3, -0.25) is 9.59 Å². The van der Waals surface area contributed by atoms with E-state index >= 15 is 0 Å². The predicted molar refractivity (Wildman–Crippen MR) is 100 cm³/mol. The maximum Gasteiger partial charge on any atom is 0.254 e. The Morgan fingerprint density at radius 3 is 2.38 bits per heavy atom. The quantitative estimate of drug-likeness (QED) is 0.753. The second-order valence-corrected chi connectivity index (χ2v) is 9.92. The zero-order valence-corrected chi connectivity index (χ0v) is 16.6. The van der Waals surface area contributed by atoms with E-state index in [1.54, 1.807) is 13.1 Å². The summed E-state index contributed by atoms with van der Waals surface area (Å²) in [7, 11) is -1.47. The lowest BCUT2D eigenvalue weighted by atomic mass is 10.1. The number of likely N-dealkylation sites (tertiary alicyclic amines) is 1. The summed E-state index contributed by atoms with van der Waals surface area (Å²) < 4.78 is 23.4. The van der Waals surface area contributed by atoms with Crippen LogP contribution >= 0.6 is 23.2 Å². The van der Waals surface area contributed by atoms with Gasteiger partial charge in [0.05, 0.1) is 11.5 Å². The van der Waals surface area contributed by atoms with Crippen molar-refractivity contribution in [3.63, 3.8) is 0 Å². The van der Waals surface area contributed by atoms with Gasteiger partial charge in [-0.25, -0.2) is 8.42 Å². The van der Waals surface area contributed by atoms with E-state index < -0.39 is 15.9 Å². The zero-order valence-electron chi connectivity index (χ0n) is 14.3. The first-order valence-electron chi connectivity index (χ1n) is 8.42. The number of nitrogens with zero attached hydrogens (tertiary/aromatic N) is 2. The SMILES string of the molecule is CN(C(=O)C1CCCN1C(=O)c1cc(Cl)cc(Cl)c1)C1CCS(=O)(=O)C1. The fourth-order valence-corrected chi connectivity index (χ4v) is 5.91. The van der Waals surface area contributed by atoms with Gasteiger partial charge in [0.15, 0.2) is 9.84 Å². The summed E-state index contributed by atoms with van der Waals surface area (Å²) in [6.45, 7) is 0.468. The number of carbonyl (C=O) groups excluding carboxylic acids is 2. The normalized spacial score (nSPS) is 24.7. The molecule has 0 aliphatic carbocycles. The van der Waals surface area contributed by atoms with Crippen molar-refractivity contribution in [3.05, 3.63) is 33.8 Å². The number of hydrogen-bond donors (Lipinski definition) is 0. The second-order valence-electron chi connectivity index (χ2n) is 6.82. The molecule has 0 saturated carbocycles. The van der Waals surface area contributed by atoms with Crippen LogP contribution in [0.25, 0.3) is 0 Å². The summed E-state index contributed by atoms with van der Waals surface area (Å²) in [4.78, 5) is 28.8. The Hall–Kier alpha value is -1.31. The van der Waals surface area contributed by atoms with Gasteiger partial charge in [-0.05, 0) is 37.5 Å². The van der Waals surface area contributed by atoms with Crippen LogP contribution in [0.2, 0.25) is 10.0 Å². The molecule has 0 spiro atoms. The Bertz CT molecular complexity index is 823. The lowest BCUT2D eigenvalue weighted by molar-refractivity contribution is -0.135. The average molecular weight is 419 g/mol. The van der Waals surface area contributed by atoms with Crippen molar-refractivity contribution in [1.82, 2.24) is 9.80 Å². The maximum absolute atomic E-state index is 12.9. The molecule has 0 radical (unpaired) electrons. The fraction of sp³-hybridized carbons (Fsp3) is 0.529. The smallest absolute Gasteiger partial charge is 0.254 e. The Labute approximate surface area is 163 Å². The molecular formula is C17H20Cl2N2O4S. The first-order chi connectivity index (χ1) is 12.2. The number of sulfone groups is 1. The minimum atomic E-state index is -3.08. The fourth-order valence-electron chi connectivity index (χ4n) is 3.61. The molecule has 0 N–H and O–H groups in total. The highest BCUT2D eigenvalue weighted by Gasteiger charge is 2.40. The molecule has 0 bridgehead atoms. The van der Waals surface area contributed by atoms with Gasteiger partial charge in [-0.2, -0.15) is 0 Å². The lowest BCUT2D eigenvalue weighted by Gasteiger charge is -2.31. The molecule has 2 fully saturated rings. The predicted octanol–water partition coefficient (Wildman–Crippen LogP) is 2.24. The van der Waals surface area contributed by atoms with Crippen LogP contribution in [0.5, 0.6) is 0 Å². The summed E-state index contributed by atoms with van der Waals surface area (Å²) in [5.41, 5.74) is 0.341. The van der Waals surface area contributed by atoms with Crippen LogP contribution in [0.1, 0.15) is 29.6 Å². The van der Waals surface area contributed by atoms with Crippen molar-refractivity contribution in [3.8, 4) is 0 Å². The van der Waals surface area contributed by atoms with Crippen molar-refractivity contribution >= 4 is 44.9 Å². The first kappa shape index (κ1) is 19.5. The number of halogens is 2. The Morgan fingerprint density at radius 1 is 1.15 bits per heavy atom. The van der Waals surface area contributed by atoms with Crippen LogP contribution in [0.4, 0.5) is 0 Å². The molecule has 6 nitrogen and oxygen atoms in total. The number of benzene rings is 1. The Balaban J connectivity index is 1.77. The van der Waals surface area contributed by atoms with E-state index in [0.29, 0.717) is 41.4 Å². The average Bonchev–Trinajstić information content (AvgIpc) is 3.18. The van der Waals surface area contributed by atoms with E-state index in [-0.39, 0.29) is 29.4 Å². The summed E-state index contributed by atoms with van der Waals surface area (Å²) in [5.74, 6) is -0.424. The number of amides is 2. The van der Waals surface area contributed by atoms with Crippen molar-refractivity contribution in [2.24, 2.45) is 0 Å². The third kappa shape index (κ3) is 4.00.